The second kappa shape index (κ2) is 8.80. The summed E-state index contributed by atoms with van der Waals surface area (Å²) < 4.78 is 5.42. The van der Waals surface area contributed by atoms with Crippen LogP contribution in [0.2, 0.25) is 5.02 Å². The van der Waals surface area contributed by atoms with Crippen LogP contribution in [-0.2, 0) is 9.53 Å². The molecule has 2 aromatic carbocycles. The first kappa shape index (κ1) is 19.1. The summed E-state index contributed by atoms with van der Waals surface area (Å²) in [7, 11) is 0. The van der Waals surface area contributed by atoms with Gasteiger partial charge in [-0.1, -0.05) is 35.4 Å². The molecular formula is C20H23ClN2O2S. The molecule has 3 rings (SSSR count). The Morgan fingerprint density at radius 1 is 1.19 bits per heavy atom. The van der Waals surface area contributed by atoms with Crippen molar-refractivity contribution in [2.24, 2.45) is 0 Å². The highest BCUT2D eigenvalue weighted by molar-refractivity contribution is 8.00. The van der Waals surface area contributed by atoms with Gasteiger partial charge in [0.1, 0.15) is 0 Å². The third-order valence-electron chi connectivity index (χ3n) is 4.28. The van der Waals surface area contributed by atoms with Crippen molar-refractivity contribution in [1.82, 2.24) is 0 Å². The Morgan fingerprint density at radius 2 is 1.88 bits per heavy atom. The Morgan fingerprint density at radius 3 is 2.58 bits per heavy atom. The molecule has 1 N–H and O–H groups in total. The second-order valence-corrected chi connectivity index (χ2v) is 8.12. The van der Waals surface area contributed by atoms with Crippen molar-refractivity contribution < 1.29 is 9.53 Å². The zero-order valence-corrected chi connectivity index (χ0v) is 16.6. The molecule has 0 aliphatic carbocycles. The summed E-state index contributed by atoms with van der Waals surface area (Å²) in [5.41, 5.74) is 2.83. The number of aryl methyl sites for hydroxylation is 1. The molecule has 1 aliphatic rings. The molecule has 1 amide bonds. The Balaban J connectivity index is 1.72. The largest absolute Gasteiger partial charge is 0.378 e. The Hall–Kier alpha value is -1.69. The number of halogens is 1. The zero-order chi connectivity index (χ0) is 18.5. The second-order valence-electron chi connectivity index (χ2n) is 6.30. The van der Waals surface area contributed by atoms with Crippen LogP contribution in [0.5, 0.6) is 0 Å². The number of carbonyl (C=O) groups excluding carboxylic acids is 1. The lowest BCUT2D eigenvalue weighted by Crippen LogP contribution is -2.37. The normalized spacial score (nSPS) is 15.6. The Labute approximate surface area is 163 Å². The first-order valence-corrected chi connectivity index (χ1v) is 9.96. The third kappa shape index (κ3) is 4.72. The molecule has 26 heavy (non-hydrogen) atoms. The van der Waals surface area contributed by atoms with Crippen molar-refractivity contribution in [2.45, 2.75) is 24.0 Å². The molecule has 4 nitrogen and oxygen atoms in total. The van der Waals surface area contributed by atoms with Crippen LogP contribution in [0, 0.1) is 6.92 Å². The molecule has 1 saturated heterocycles. The molecule has 138 valence electrons. The van der Waals surface area contributed by atoms with Crippen molar-refractivity contribution >= 4 is 40.6 Å². The van der Waals surface area contributed by atoms with Crippen LogP contribution in [-0.4, -0.2) is 37.5 Å². The third-order valence-corrected chi connectivity index (χ3v) is 5.69. The summed E-state index contributed by atoms with van der Waals surface area (Å²) in [6.45, 7) is 6.83. The predicted octanol–water partition coefficient (Wildman–Crippen LogP) is 4.60. The summed E-state index contributed by atoms with van der Waals surface area (Å²) in [5.74, 6) is -0.0349. The average Bonchev–Trinajstić information content (AvgIpc) is 2.64. The van der Waals surface area contributed by atoms with Gasteiger partial charge in [0.15, 0.2) is 0 Å². The zero-order valence-electron chi connectivity index (χ0n) is 15.0. The fourth-order valence-corrected chi connectivity index (χ4v) is 3.99. The summed E-state index contributed by atoms with van der Waals surface area (Å²) in [6.07, 6.45) is 0. The number of anilines is 2. The van der Waals surface area contributed by atoms with E-state index in [4.69, 9.17) is 16.3 Å². The maximum atomic E-state index is 12.7. The summed E-state index contributed by atoms with van der Waals surface area (Å²) in [4.78, 5) is 16.0. The lowest BCUT2D eigenvalue weighted by atomic mass is 10.2. The number of nitrogens with zero attached hydrogens (tertiary/aromatic N) is 1. The van der Waals surface area contributed by atoms with Gasteiger partial charge in [0.2, 0.25) is 5.91 Å². The highest BCUT2D eigenvalue weighted by Gasteiger charge is 2.21. The van der Waals surface area contributed by atoms with Gasteiger partial charge in [0.25, 0.3) is 0 Å². The van der Waals surface area contributed by atoms with Gasteiger partial charge in [-0.05, 0) is 38.1 Å². The monoisotopic (exact) mass is 390 g/mol. The van der Waals surface area contributed by atoms with Crippen LogP contribution in [0.1, 0.15) is 12.5 Å². The Kier molecular flexibility index (Phi) is 6.46. The smallest absolute Gasteiger partial charge is 0.237 e. The number of para-hydroxylation sites is 1. The minimum atomic E-state index is -0.214. The van der Waals surface area contributed by atoms with E-state index in [0.29, 0.717) is 18.2 Å². The molecule has 1 atom stereocenters. The minimum absolute atomic E-state index is 0.0349. The lowest BCUT2D eigenvalue weighted by Gasteiger charge is -2.31. The summed E-state index contributed by atoms with van der Waals surface area (Å²) >= 11 is 7.98. The molecule has 0 radical (unpaired) electrons. The SMILES string of the molecule is Cc1ccc(SC(C)C(=O)Nc2cccc(Cl)c2N2CCOCC2)cc1. The maximum Gasteiger partial charge on any atom is 0.237 e. The molecule has 0 saturated carbocycles. The number of morpholine rings is 1. The van der Waals surface area contributed by atoms with E-state index in [2.05, 4.69) is 29.3 Å². The van der Waals surface area contributed by atoms with Crippen LogP contribution in [0.25, 0.3) is 0 Å². The standard InChI is InChI=1S/C20H23ClN2O2S/c1-14-6-8-16(9-7-14)26-15(2)20(24)22-18-5-3-4-17(21)19(18)23-10-12-25-13-11-23/h3-9,15H,10-13H2,1-2H3,(H,22,24). The van der Waals surface area contributed by atoms with Gasteiger partial charge in [0.05, 0.1) is 34.9 Å². The lowest BCUT2D eigenvalue weighted by molar-refractivity contribution is -0.115. The van der Waals surface area contributed by atoms with Crippen LogP contribution in [0.3, 0.4) is 0 Å². The number of hydrogen-bond acceptors (Lipinski definition) is 4. The molecule has 0 bridgehead atoms. The van der Waals surface area contributed by atoms with Crippen molar-refractivity contribution in [3.05, 3.63) is 53.1 Å². The topological polar surface area (TPSA) is 41.6 Å². The number of hydrogen-bond donors (Lipinski definition) is 1. The van der Waals surface area contributed by atoms with E-state index in [9.17, 15) is 4.79 Å². The minimum Gasteiger partial charge on any atom is -0.378 e. The van der Waals surface area contributed by atoms with Crippen molar-refractivity contribution in [2.75, 3.05) is 36.5 Å². The quantitative estimate of drug-likeness (QED) is 0.757. The first-order chi connectivity index (χ1) is 12.5. The number of rotatable bonds is 5. The number of nitrogens with one attached hydrogen (secondary N) is 1. The molecule has 2 aromatic rings. The van der Waals surface area contributed by atoms with E-state index in [1.807, 2.05) is 37.3 Å². The number of carbonyl (C=O) groups is 1. The van der Waals surface area contributed by atoms with Crippen molar-refractivity contribution in [3.63, 3.8) is 0 Å². The molecule has 0 spiro atoms. The average molecular weight is 391 g/mol. The van der Waals surface area contributed by atoms with E-state index >= 15 is 0 Å². The summed E-state index contributed by atoms with van der Waals surface area (Å²) in [6, 6.07) is 13.8. The molecule has 1 aliphatic heterocycles. The highest BCUT2D eigenvalue weighted by atomic mass is 35.5. The highest BCUT2D eigenvalue weighted by Crippen LogP contribution is 2.35. The van der Waals surface area contributed by atoms with Gasteiger partial charge in [-0.2, -0.15) is 0 Å². The molecule has 1 fully saturated rings. The van der Waals surface area contributed by atoms with Crippen LogP contribution < -0.4 is 10.2 Å². The van der Waals surface area contributed by atoms with Gasteiger partial charge in [-0.15, -0.1) is 11.8 Å². The maximum absolute atomic E-state index is 12.7. The molecule has 6 heteroatoms. The number of ether oxygens (including phenoxy) is 1. The van der Waals surface area contributed by atoms with Gasteiger partial charge >= 0.3 is 0 Å². The van der Waals surface area contributed by atoms with E-state index in [1.165, 1.54) is 5.56 Å². The molecule has 1 heterocycles. The number of benzene rings is 2. The molecular weight excluding hydrogens is 368 g/mol. The van der Waals surface area contributed by atoms with Crippen LogP contribution >= 0.6 is 23.4 Å². The van der Waals surface area contributed by atoms with Crippen LogP contribution in [0.4, 0.5) is 11.4 Å². The van der Waals surface area contributed by atoms with Crippen molar-refractivity contribution in [3.8, 4) is 0 Å². The first-order valence-electron chi connectivity index (χ1n) is 8.70. The van der Waals surface area contributed by atoms with Gasteiger partial charge in [-0.3, -0.25) is 4.79 Å². The van der Waals surface area contributed by atoms with E-state index in [0.717, 1.165) is 29.4 Å². The van der Waals surface area contributed by atoms with Gasteiger partial charge in [-0.25, -0.2) is 0 Å². The molecule has 1 unspecified atom stereocenters. The number of amides is 1. The van der Waals surface area contributed by atoms with E-state index in [1.54, 1.807) is 11.8 Å². The van der Waals surface area contributed by atoms with E-state index in [-0.39, 0.29) is 11.2 Å². The van der Waals surface area contributed by atoms with Crippen LogP contribution in [0.15, 0.2) is 47.4 Å². The predicted molar refractivity (Wildman–Crippen MR) is 110 cm³/mol. The van der Waals surface area contributed by atoms with E-state index < -0.39 is 0 Å². The summed E-state index contributed by atoms with van der Waals surface area (Å²) in [5, 5.41) is 3.48. The number of thioether (sulfide) groups is 1. The van der Waals surface area contributed by atoms with Gasteiger partial charge < -0.3 is 15.0 Å². The molecule has 0 aromatic heterocycles. The Bertz CT molecular complexity index is 761. The fourth-order valence-electron chi connectivity index (χ4n) is 2.83. The fraction of sp³-hybridized carbons (Fsp3) is 0.350. The van der Waals surface area contributed by atoms with Gasteiger partial charge in [0, 0.05) is 18.0 Å². The van der Waals surface area contributed by atoms with Crippen molar-refractivity contribution in [1.29, 1.82) is 0 Å².